The molecule has 1 saturated heterocycles. The smallest absolute Gasteiger partial charge is 0.0665 e. The fourth-order valence-electron chi connectivity index (χ4n) is 2.54. The normalized spacial score (nSPS) is 16.3. The maximum Gasteiger partial charge on any atom is 0.0665 e. The lowest BCUT2D eigenvalue weighted by molar-refractivity contribution is 1.01. The fraction of sp³-hybridized carbons (Fsp3) is 0.333. The predicted octanol–water partition coefficient (Wildman–Crippen LogP) is 4.93. The van der Waals surface area contributed by atoms with Crippen LogP contribution in [-0.2, 0) is 0 Å². The van der Waals surface area contributed by atoms with Crippen LogP contribution in [0.1, 0.15) is 11.1 Å². The molecule has 116 valence electrons. The van der Waals surface area contributed by atoms with E-state index in [1.165, 1.54) is 22.5 Å². The summed E-state index contributed by atoms with van der Waals surface area (Å²) < 4.78 is 0. The molecule has 22 heavy (non-hydrogen) atoms. The van der Waals surface area contributed by atoms with Gasteiger partial charge in [-0.05, 0) is 49.2 Å². The van der Waals surface area contributed by atoms with Crippen LogP contribution in [0.15, 0.2) is 48.5 Å². The molecule has 0 atom stereocenters. The quantitative estimate of drug-likeness (QED) is 0.770. The maximum absolute atomic E-state index is 2.47. The number of aryl methyl sites for hydroxylation is 2. The minimum absolute atomic E-state index is 1.04. The number of thioether (sulfide) groups is 2. The van der Waals surface area contributed by atoms with E-state index in [9.17, 15) is 0 Å². The molecular weight excluding hydrogens is 308 g/mol. The molecule has 2 nitrogen and oxygen atoms in total. The van der Waals surface area contributed by atoms with E-state index in [0.29, 0.717) is 0 Å². The molecule has 2 aromatic rings. The zero-order chi connectivity index (χ0) is 15.4. The summed E-state index contributed by atoms with van der Waals surface area (Å²) >= 11 is 3.97. The van der Waals surface area contributed by atoms with Gasteiger partial charge in [0.1, 0.15) is 0 Å². The number of nitrogens with zero attached hydrogens (tertiary/aromatic N) is 2. The summed E-state index contributed by atoms with van der Waals surface area (Å²) in [6, 6.07) is 17.6. The van der Waals surface area contributed by atoms with Crippen LogP contribution in [0.4, 0.5) is 11.4 Å². The molecular formula is C18H22N2S2. The van der Waals surface area contributed by atoms with Gasteiger partial charge in [-0.2, -0.15) is 0 Å². The Morgan fingerprint density at radius 2 is 1.09 bits per heavy atom. The van der Waals surface area contributed by atoms with Gasteiger partial charge in [-0.25, -0.2) is 0 Å². The standard InChI is InChI=1S/C18H22N2S2/c1-15-5-3-7-17(9-15)19-11-21-13-20(14-22-12-19)18-8-4-6-16(2)10-18/h3-10H,11-14H2,1-2H3. The van der Waals surface area contributed by atoms with Crippen molar-refractivity contribution >= 4 is 34.9 Å². The van der Waals surface area contributed by atoms with Crippen molar-refractivity contribution in [1.29, 1.82) is 0 Å². The molecule has 1 aliphatic rings. The Kier molecular flexibility index (Phi) is 5.21. The van der Waals surface area contributed by atoms with Gasteiger partial charge in [0.15, 0.2) is 0 Å². The van der Waals surface area contributed by atoms with Crippen molar-refractivity contribution in [3.8, 4) is 0 Å². The molecule has 0 unspecified atom stereocenters. The molecule has 2 aromatic carbocycles. The molecule has 4 heteroatoms. The van der Waals surface area contributed by atoms with E-state index in [1.54, 1.807) is 0 Å². The van der Waals surface area contributed by atoms with Crippen LogP contribution >= 0.6 is 23.5 Å². The minimum Gasteiger partial charge on any atom is -0.353 e. The first-order chi connectivity index (χ1) is 10.7. The van der Waals surface area contributed by atoms with Gasteiger partial charge < -0.3 is 9.80 Å². The third kappa shape index (κ3) is 3.93. The minimum atomic E-state index is 1.04. The van der Waals surface area contributed by atoms with Gasteiger partial charge in [-0.15, -0.1) is 23.5 Å². The first kappa shape index (κ1) is 15.6. The van der Waals surface area contributed by atoms with Gasteiger partial charge >= 0.3 is 0 Å². The number of rotatable bonds is 2. The molecule has 3 rings (SSSR count). The molecule has 0 N–H and O–H groups in total. The highest BCUT2D eigenvalue weighted by atomic mass is 32.2. The average Bonchev–Trinajstić information content (AvgIpc) is 2.47. The van der Waals surface area contributed by atoms with Crippen LogP contribution in [0, 0.1) is 13.8 Å². The van der Waals surface area contributed by atoms with Crippen molar-refractivity contribution in [2.75, 3.05) is 33.3 Å². The SMILES string of the molecule is Cc1cccc(N2CSCN(c3cccc(C)c3)CSC2)c1. The average molecular weight is 331 g/mol. The van der Waals surface area contributed by atoms with Gasteiger partial charge in [-0.1, -0.05) is 24.3 Å². The van der Waals surface area contributed by atoms with Gasteiger partial charge in [-0.3, -0.25) is 0 Å². The lowest BCUT2D eigenvalue weighted by atomic mass is 10.2. The number of hydrogen-bond donors (Lipinski definition) is 0. The summed E-state index contributed by atoms with van der Waals surface area (Å²) in [7, 11) is 0. The Morgan fingerprint density at radius 1 is 0.682 bits per heavy atom. The molecule has 0 amide bonds. The lowest BCUT2D eigenvalue weighted by Crippen LogP contribution is -2.31. The summed E-state index contributed by atoms with van der Waals surface area (Å²) in [5, 5.41) is 0. The molecule has 0 spiro atoms. The van der Waals surface area contributed by atoms with Crippen molar-refractivity contribution in [3.63, 3.8) is 0 Å². The summed E-state index contributed by atoms with van der Waals surface area (Å²) in [6.45, 7) is 4.32. The van der Waals surface area contributed by atoms with Crippen LogP contribution in [-0.4, -0.2) is 23.5 Å². The Bertz CT molecular complexity index is 566. The van der Waals surface area contributed by atoms with Crippen molar-refractivity contribution in [1.82, 2.24) is 0 Å². The Balaban J connectivity index is 1.65. The maximum atomic E-state index is 2.47. The molecule has 1 aliphatic heterocycles. The molecule has 1 heterocycles. The number of anilines is 2. The van der Waals surface area contributed by atoms with Gasteiger partial charge in [0.2, 0.25) is 0 Å². The van der Waals surface area contributed by atoms with Crippen LogP contribution in [0.25, 0.3) is 0 Å². The molecule has 0 aliphatic carbocycles. The molecule has 0 radical (unpaired) electrons. The van der Waals surface area contributed by atoms with E-state index in [-0.39, 0.29) is 0 Å². The molecule has 0 saturated carbocycles. The molecule has 0 aromatic heterocycles. The monoisotopic (exact) mass is 330 g/mol. The van der Waals surface area contributed by atoms with Crippen molar-refractivity contribution in [2.24, 2.45) is 0 Å². The second-order valence-electron chi connectivity index (χ2n) is 5.68. The Labute approximate surface area is 141 Å². The zero-order valence-corrected chi connectivity index (χ0v) is 14.8. The van der Waals surface area contributed by atoms with E-state index in [1.807, 2.05) is 23.5 Å². The van der Waals surface area contributed by atoms with Crippen molar-refractivity contribution in [3.05, 3.63) is 59.7 Å². The first-order valence-electron chi connectivity index (χ1n) is 7.51. The van der Waals surface area contributed by atoms with E-state index >= 15 is 0 Å². The Morgan fingerprint density at radius 3 is 1.45 bits per heavy atom. The lowest BCUT2D eigenvalue weighted by Gasteiger charge is -2.32. The summed E-state index contributed by atoms with van der Waals surface area (Å²) in [6.07, 6.45) is 0. The largest absolute Gasteiger partial charge is 0.353 e. The highest BCUT2D eigenvalue weighted by Crippen LogP contribution is 2.27. The third-order valence-electron chi connectivity index (χ3n) is 3.72. The number of benzene rings is 2. The summed E-state index contributed by atoms with van der Waals surface area (Å²) in [5.41, 5.74) is 5.33. The van der Waals surface area contributed by atoms with Crippen LogP contribution < -0.4 is 9.80 Å². The van der Waals surface area contributed by atoms with Crippen LogP contribution in [0.3, 0.4) is 0 Å². The Hall–Kier alpha value is -1.26. The third-order valence-corrected chi connectivity index (χ3v) is 5.70. The first-order valence-corrected chi connectivity index (χ1v) is 9.82. The van der Waals surface area contributed by atoms with Crippen LogP contribution in [0.2, 0.25) is 0 Å². The van der Waals surface area contributed by atoms with E-state index in [0.717, 1.165) is 23.5 Å². The predicted molar refractivity (Wildman–Crippen MR) is 102 cm³/mol. The second-order valence-corrected chi connectivity index (χ2v) is 7.53. The molecule has 0 bridgehead atoms. The highest BCUT2D eigenvalue weighted by Gasteiger charge is 2.14. The van der Waals surface area contributed by atoms with Crippen molar-refractivity contribution < 1.29 is 0 Å². The van der Waals surface area contributed by atoms with Crippen molar-refractivity contribution in [2.45, 2.75) is 13.8 Å². The second kappa shape index (κ2) is 7.34. The van der Waals surface area contributed by atoms with E-state index < -0.39 is 0 Å². The zero-order valence-electron chi connectivity index (χ0n) is 13.2. The summed E-state index contributed by atoms with van der Waals surface area (Å²) in [5.74, 6) is 4.16. The van der Waals surface area contributed by atoms with E-state index in [4.69, 9.17) is 0 Å². The fourth-order valence-corrected chi connectivity index (χ4v) is 4.78. The van der Waals surface area contributed by atoms with Gasteiger partial charge in [0.05, 0.1) is 23.5 Å². The highest BCUT2D eigenvalue weighted by molar-refractivity contribution is 8.01. The number of hydrogen-bond acceptors (Lipinski definition) is 4. The van der Waals surface area contributed by atoms with Gasteiger partial charge in [0.25, 0.3) is 0 Å². The molecule has 1 fully saturated rings. The van der Waals surface area contributed by atoms with Gasteiger partial charge in [0, 0.05) is 11.4 Å². The van der Waals surface area contributed by atoms with Crippen LogP contribution in [0.5, 0.6) is 0 Å². The summed E-state index contributed by atoms with van der Waals surface area (Å²) in [4.78, 5) is 4.94. The topological polar surface area (TPSA) is 6.48 Å². The van der Waals surface area contributed by atoms with E-state index in [2.05, 4.69) is 72.2 Å².